The molecule has 0 aromatic rings. The Balaban J connectivity index is 2.02. The van der Waals surface area contributed by atoms with Crippen molar-refractivity contribution in [1.82, 2.24) is 0 Å². The van der Waals surface area contributed by atoms with Crippen LogP contribution in [0.25, 0.3) is 0 Å². The van der Waals surface area contributed by atoms with Crippen LogP contribution in [0.1, 0.15) is 52.9 Å². The quantitative estimate of drug-likeness (QED) is 0.593. The van der Waals surface area contributed by atoms with E-state index >= 15 is 0 Å². The summed E-state index contributed by atoms with van der Waals surface area (Å²) in [6.07, 6.45) is 6.30. The van der Waals surface area contributed by atoms with Gasteiger partial charge in [-0.25, -0.2) is 0 Å². The van der Waals surface area contributed by atoms with Crippen LogP contribution in [-0.2, 0) is 4.79 Å². The molecule has 0 amide bonds. The van der Waals surface area contributed by atoms with Crippen LogP contribution in [0.3, 0.4) is 0 Å². The van der Waals surface area contributed by atoms with Crippen molar-refractivity contribution in [3.63, 3.8) is 0 Å². The lowest BCUT2D eigenvalue weighted by molar-refractivity contribution is -0.197. The summed E-state index contributed by atoms with van der Waals surface area (Å²) in [6, 6.07) is 0. The van der Waals surface area contributed by atoms with E-state index in [4.69, 9.17) is 0 Å². The highest BCUT2D eigenvalue weighted by atomic mass is 16.1. The second-order valence-corrected chi connectivity index (χ2v) is 6.87. The number of Topliss-reactive ketones (excluding diaryl/α,β-unsaturated/α-hetero) is 1. The average Bonchev–Trinajstić information content (AvgIpc) is 2.15. The van der Waals surface area contributed by atoms with Crippen LogP contribution in [0.15, 0.2) is 0 Å². The molecule has 15 heavy (non-hydrogen) atoms. The zero-order chi connectivity index (χ0) is 10.8. The third-order valence-corrected chi connectivity index (χ3v) is 6.00. The lowest BCUT2D eigenvalue weighted by Gasteiger charge is -2.67. The van der Waals surface area contributed by atoms with Gasteiger partial charge in [-0.3, -0.25) is 4.79 Å². The fourth-order valence-corrected chi connectivity index (χ4v) is 5.01. The highest BCUT2D eigenvalue weighted by Crippen LogP contribution is 2.69. The highest BCUT2D eigenvalue weighted by Gasteiger charge is 2.66. The van der Waals surface area contributed by atoms with E-state index in [2.05, 4.69) is 20.8 Å². The van der Waals surface area contributed by atoms with Crippen molar-refractivity contribution >= 4 is 5.78 Å². The molecule has 0 aromatic carbocycles. The number of ketones is 1. The van der Waals surface area contributed by atoms with E-state index in [1.54, 1.807) is 0 Å². The first-order valence-electron chi connectivity index (χ1n) is 6.51. The molecule has 84 valence electrons. The molecule has 4 aliphatic carbocycles. The lowest BCUT2D eigenvalue weighted by Crippen LogP contribution is -2.65. The standard InChI is InChI=1S/C14H22O/c1-13(2)10-8-11(13)14(3)7-5-4-6-9(14)12(10)15/h9-11H,4-8H2,1-3H3/t9?,10?,11?,14-/m0/s1. The van der Waals surface area contributed by atoms with Crippen molar-refractivity contribution in [1.29, 1.82) is 0 Å². The van der Waals surface area contributed by atoms with Gasteiger partial charge in [-0.15, -0.1) is 0 Å². The Kier molecular flexibility index (Phi) is 1.76. The summed E-state index contributed by atoms with van der Waals surface area (Å²) >= 11 is 0. The number of rotatable bonds is 0. The van der Waals surface area contributed by atoms with Gasteiger partial charge in [-0.1, -0.05) is 33.6 Å². The van der Waals surface area contributed by atoms with Gasteiger partial charge in [-0.2, -0.15) is 0 Å². The van der Waals surface area contributed by atoms with E-state index < -0.39 is 0 Å². The van der Waals surface area contributed by atoms with Crippen LogP contribution in [0.4, 0.5) is 0 Å². The van der Waals surface area contributed by atoms with Crippen molar-refractivity contribution < 1.29 is 4.79 Å². The number of hydrogen-bond donors (Lipinski definition) is 0. The van der Waals surface area contributed by atoms with Gasteiger partial charge in [0.2, 0.25) is 0 Å². The summed E-state index contributed by atoms with van der Waals surface area (Å²) in [6.45, 7) is 7.04. The zero-order valence-corrected chi connectivity index (χ0v) is 10.2. The highest BCUT2D eigenvalue weighted by molar-refractivity contribution is 5.88. The molecule has 1 nitrogen and oxygen atoms in total. The molecule has 4 saturated carbocycles. The Bertz CT molecular complexity index is 317. The van der Waals surface area contributed by atoms with E-state index in [9.17, 15) is 4.79 Å². The Morgan fingerprint density at radius 2 is 1.87 bits per heavy atom. The molecule has 0 spiro atoms. The van der Waals surface area contributed by atoms with Gasteiger partial charge in [0.05, 0.1) is 0 Å². The Morgan fingerprint density at radius 3 is 2.53 bits per heavy atom. The molecule has 0 N–H and O–H groups in total. The van der Waals surface area contributed by atoms with Gasteiger partial charge < -0.3 is 0 Å². The minimum absolute atomic E-state index is 0.305. The molecule has 4 atom stereocenters. The monoisotopic (exact) mass is 206 g/mol. The van der Waals surface area contributed by atoms with E-state index in [-0.39, 0.29) is 0 Å². The fourth-order valence-electron chi connectivity index (χ4n) is 5.01. The Hall–Kier alpha value is -0.330. The number of carbonyl (C=O) groups is 1. The maximum atomic E-state index is 12.4. The summed E-state index contributed by atoms with van der Waals surface area (Å²) in [7, 11) is 0. The molecule has 0 heterocycles. The second kappa shape index (κ2) is 2.67. The molecule has 0 aliphatic heterocycles. The molecule has 0 radical (unpaired) electrons. The van der Waals surface area contributed by atoms with E-state index in [1.807, 2.05) is 0 Å². The molecule has 4 rings (SSSR count). The van der Waals surface area contributed by atoms with Gasteiger partial charge >= 0.3 is 0 Å². The summed E-state index contributed by atoms with van der Waals surface area (Å²) in [5.74, 6) is 2.25. The lowest BCUT2D eigenvalue weighted by atomic mass is 9.36. The fraction of sp³-hybridized carbons (Fsp3) is 0.929. The Morgan fingerprint density at radius 1 is 1.13 bits per heavy atom. The molecular formula is C14H22O. The van der Waals surface area contributed by atoms with Crippen molar-refractivity contribution in [3.8, 4) is 0 Å². The number of carbonyl (C=O) groups excluding carboxylic acids is 1. The Labute approximate surface area is 92.6 Å². The first kappa shape index (κ1) is 9.86. The van der Waals surface area contributed by atoms with Crippen molar-refractivity contribution in [2.24, 2.45) is 28.6 Å². The topological polar surface area (TPSA) is 17.1 Å². The smallest absolute Gasteiger partial charge is 0.140 e. The predicted octanol–water partition coefficient (Wildman–Crippen LogP) is 3.43. The largest absolute Gasteiger partial charge is 0.299 e. The van der Waals surface area contributed by atoms with E-state index in [0.717, 1.165) is 5.92 Å². The maximum absolute atomic E-state index is 12.4. The number of hydrogen-bond acceptors (Lipinski definition) is 1. The normalized spacial score (nSPS) is 51.9. The first-order valence-corrected chi connectivity index (χ1v) is 6.51. The summed E-state index contributed by atoms with van der Waals surface area (Å²) in [4.78, 5) is 12.4. The molecular weight excluding hydrogens is 184 g/mol. The summed E-state index contributed by atoms with van der Waals surface area (Å²) < 4.78 is 0. The molecule has 4 fully saturated rings. The SMILES string of the molecule is CC1(C)C2CC1[C@@]1(C)CCCCC1C2=O. The van der Waals surface area contributed by atoms with Crippen LogP contribution in [-0.4, -0.2) is 5.78 Å². The van der Waals surface area contributed by atoms with Crippen LogP contribution in [0.5, 0.6) is 0 Å². The zero-order valence-electron chi connectivity index (χ0n) is 10.2. The molecule has 0 aromatic heterocycles. The van der Waals surface area contributed by atoms with Gasteiger partial charge in [0.25, 0.3) is 0 Å². The summed E-state index contributed by atoms with van der Waals surface area (Å²) in [5.41, 5.74) is 0.660. The predicted molar refractivity (Wildman–Crippen MR) is 60.5 cm³/mol. The molecule has 3 unspecified atom stereocenters. The third kappa shape index (κ3) is 0.976. The van der Waals surface area contributed by atoms with Crippen molar-refractivity contribution in [3.05, 3.63) is 0 Å². The minimum atomic E-state index is 0.305. The average molecular weight is 206 g/mol. The third-order valence-electron chi connectivity index (χ3n) is 6.00. The maximum Gasteiger partial charge on any atom is 0.140 e. The molecule has 1 heteroatoms. The second-order valence-electron chi connectivity index (χ2n) is 6.87. The van der Waals surface area contributed by atoms with Crippen LogP contribution < -0.4 is 0 Å². The van der Waals surface area contributed by atoms with E-state index in [0.29, 0.717) is 28.4 Å². The van der Waals surface area contributed by atoms with Crippen molar-refractivity contribution in [2.45, 2.75) is 52.9 Å². The van der Waals surface area contributed by atoms with E-state index in [1.165, 1.54) is 32.1 Å². The van der Waals surface area contributed by atoms with Gasteiger partial charge in [-0.05, 0) is 36.0 Å². The van der Waals surface area contributed by atoms with Crippen molar-refractivity contribution in [2.75, 3.05) is 0 Å². The van der Waals surface area contributed by atoms with Crippen LogP contribution in [0.2, 0.25) is 0 Å². The van der Waals surface area contributed by atoms with Gasteiger partial charge in [0.15, 0.2) is 0 Å². The first-order chi connectivity index (χ1) is 6.98. The van der Waals surface area contributed by atoms with Crippen LogP contribution >= 0.6 is 0 Å². The van der Waals surface area contributed by atoms with Gasteiger partial charge in [0.1, 0.15) is 5.78 Å². The van der Waals surface area contributed by atoms with Gasteiger partial charge in [0, 0.05) is 11.8 Å². The minimum Gasteiger partial charge on any atom is -0.299 e. The molecule has 0 saturated heterocycles. The summed E-state index contributed by atoms with van der Waals surface area (Å²) in [5, 5.41) is 0. The molecule has 4 aliphatic rings. The van der Waals surface area contributed by atoms with Crippen LogP contribution in [0, 0.1) is 28.6 Å². The molecule has 2 bridgehead atoms.